The van der Waals surface area contributed by atoms with E-state index in [2.05, 4.69) is 21.2 Å². The van der Waals surface area contributed by atoms with Crippen molar-refractivity contribution < 1.29 is 27.7 Å². The molecular weight excluding hydrogens is 710 g/mol. The molecule has 17 heteroatoms. The molecule has 0 unspecified atom stereocenters. The average Bonchev–Trinajstić information content (AvgIpc) is 3.43. The molecule has 45 heavy (non-hydrogen) atoms. The maximum absolute atomic E-state index is 13.9. The maximum atomic E-state index is 13.9. The topological polar surface area (TPSA) is 192 Å². The van der Waals surface area contributed by atoms with Gasteiger partial charge in [0.2, 0.25) is 27.7 Å². The van der Waals surface area contributed by atoms with Crippen molar-refractivity contribution in [2.45, 2.75) is 27.6 Å². The number of sulfonamides is 1. The standard InChI is InChI=1S/C28H20BrN5O8S3/c29-15-3-1-14(2-4-15)21-22-23(26(37)33(25(22)36)17-7-9-18(10-8-17)34(39)40)43-27-24(21)44-28(38)32(27)13-20(35)31-16-5-11-19(12-6-16)45(30,41)42/h1-12,21-23H,13H2,(H,31,35)(H2,30,41,42)/t21-,22-,23+/m0/s1. The summed E-state index contributed by atoms with van der Waals surface area (Å²) >= 11 is 5.33. The van der Waals surface area contributed by atoms with E-state index in [1.165, 1.54) is 53.1 Å². The maximum Gasteiger partial charge on any atom is 0.308 e. The van der Waals surface area contributed by atoms with Crippen LogP contribution in [0, 0.1) is 16.0 Å². The van der Waals surface area contributed by atoms with Crippen LogP contribution >= 0.6 is 39.0 Å². The second-order valence-corrected chi connectivity index (χ2v) is 14.7. The van der Waals surface area contributed by atoms with Gasteiger partial charge < -0.3 is 5.32 Å². The monoisotopic (exact) mass is 729 g/mol. The molecule has 0 radical (unpaired) electrons. The number of carbonyl (C=O) groups is 3. The van der Waals surface area contributed by atoms with E-state index >= 15 is 0 Å². The number of nitrogens with one attached hydrogen (secondary N) is 1. The lowest BCUT2D eigenvalue weighted by Gasteiger charge is -2.30. The number of halogens is 1. The number of hydrogen-bond donors (Lipinski definition) is 2. The smallest absolute Gasteiger partial charge is 0.308 e. The van der Waals surface area contributed by atoms with Crippen LogP contribution in [0.3, 0.4) is 0 Å². The van der Waals surface area contributed by atoms with E-state index < -0.39 is 61.2 Å². The Kier molecular flexibility index (Phi) is 7.98. The highest BCUT2D eigenvalue weighted by molar-refractivity contribution is 9.10. The minimum atomic E-state index is -3.92. The van der Waals surface area contributed by atoms with Crippen LogP contribution in [0.4, 0.5) is 17.1 Å². The minimum Gasteiger partial charge on any atom is -0.325 e. The summed E-state index contributed by atoms with van der Waals surface area (Å²) in [6.07, 6.45) is 0. The SMILES string of the molecule is NS(=O)(=O)c1ccc(NC(=O)Cn2c3c(sc2=O)[C@@H](c2ccc(Br)cc2)[C@@H]2C(=O)N(c4ccc([N+](=O)[O-])cc4)C(=O)[C@@H]2S3)cc1. The summed E-state index contributed by atoms with van der Waals surface area (Å²) in [5.41, 5.74) is 0.963. The van der Waals surface area contributed by atoms with Crippen molar-refractivity contribution in [2.75, 3.05) is 10.2 Å². The molecule has 0 bridgehead atoms. The fourth-order valence-electron chi connectivity index (χ4n) is 5.33. The molecule has 1 saturated heterocycles. The van der Waals surface area contributed by atoms with E-state index in [1.807, 2.05) is 0 Å². The first kappa shape index (κ1) is 30.8. The number of nitrogens with two attached hydrogens (primary N) is 1. The lowest BCUT2D eigenvalue weighted by Crippen LogP contribution is -2.33. The van der Waals surface area contributed by atoms with Crippen molar-refractivity contribution in [3.8, 4) is 0 Å². The lowest BCUT2D eigenvalue weighted by molar-refractivity contribution is -0.384. The van der Waals surface area contributed by atoms with Gasteiger partial charge in [0, 0.05) is 33.1 Å². The summed E-state index contributed by atoms with van der Waals surface area (Å²) in [4.78, 5) is 65.6. The molecular formula is C28H20BrN5O8S3. The van der Waals surface area contributed by atoms with Crippen LogP contribution in [0.2, 0.25) is 0 Å². The zero-order chi connectivity index (χ0) is 32.2. The van der Waals surface area contributed by atoms with E-state index in [-0.39, 0.29) is 22.0 Å². The normalized spacial score (nSPS) is 19.2. The van der Waals surface area contributed by atoms with Crippen LogP contribution in [0.5, 0.6) is 0 Å². The molecule has 3 aromatic carbocycles. The first-order valence-electron chi connectivity index (χ1n) is 13.0. The van der Waals surface area contributed by atoms with E-state index in [0.29, 0.717) is 15.5 Å². The number of nitrogens with zero attached hydrogens (tertiary/aromatic N) is 3. The fraction of sp³-hybridized carbons (Fsp3) is 0.143. The number of benzene rings is 3. The van der Waals surface area contributed by atoms with Gasteiger partial charge in [-0.05, 0) is 54.1 Å². The number of fused-ring (bicyclic) bond motifs is 2. The number of rotatable bonds is 7. The van der Waals surface area contributed by atoms with Gasteiger partial charge in [-0.15, -0.1) is 0 Å². The van der Waals surface area contributed by atoms with Crippen LogP contribution in [0.15, 0.2) is 92.0 Å². The number of nitro groups is 1. The van der Waals surface area contributed by atoms with Crippen molar-refractivity contribution >= 4 is 83.8 Å². The zero-order valence-electron chi connectivity index (χ0n) is 22.7. The molecule has 3 atom stereocenters. The van der Waals surface area contributed by atoms with Crippen LogP contribution in [0.1, 0.15) is 16.4 Å². The molecule has 2 aliphatic rings. The molecule has 2 aliphatic heterocycles. The summed E-state index contributed by atoms with van der Waals surface area (Å²) < 4.78 is 25.1. The van der Waals surface area contributed by atoms with Crippen molar-refractivity contribution in [3.63, 3.8) is 0 Å². The number of anilines is 2. The number of thioether (sulfide) groups is 1. The number of imide groups is 1. The molecule has 6 rings (SSSR count). The molecule has 0 aliphatic carbocycles. The van der Waals surface area contributed by atoms with Gasteiger partial charge in [0.25, 0.3) is 5.69 Å². The van der Waals surface area contributed by atoms with Crippen LogP contribution < -0.4 is 20.2 Å². The Morgan fingerprint density at radius 3 is 2.22 bits per heavy atom. The van der Waals surface area contributed by atoms with Gasteiger partial charge in [-0.2, -0.15) is 0 Å². The molecule has 0 saturated carbocycles. The summed E-state index contributed by atoms with van der Waals surface area (Å²) in [5.74, 6) is -3.19. The van der Waals surface area contributed by atoms with Gasteiger partial charge >= 0.3 is 4.87 Å². The third-order valence-electron chi connectivity index (χ3n) is 7.37. The van der Waals surface area contributed by atoms with E-state index in [4.69, 9.17) is 5.14 Å². The summed E-state index contributed by atoms with van der Waals surface area (Å²) in [6, 6.07) is 17.5. The van der Waals surface area contributed by atoms with Crippen LogP contribution in [0.25, 0.3) is 0 Å². The van der Waals surface area contributed by atoms with Gasteiger partial charge in [0.15, 0.2) is 0 Å². The third kappa shape index (κ3) is 5.72. The highest BCUT2D eigenvalue weighted by Gasteiger charge is 2.56. The minimum absolute atomic E-state index is 0.132. The predicted octanol–water partition coefficient (Wildman–Crippen LogP) is 3.66. The highest BCUT2D eigenvalue weighted by Crippen LogP contribution is 2.54. The quantitative estimate of drug-likeness (QED) is 0.162. The molecule has 3 heterocycles. The van der Waals surface area contributed by atoms with Crippen molar-refractivity contribution in [1.29, 1.82) is 0 Å². The van der Waals surface area contributed by atoms with Gasteiger partial charge in [-0.3, -0.25) is 33.9 Å². The third-order valence-corrected chi connectivity index (χ3v) is 11.4. The Morgan fingerprint density at radius 2 is 1.62 bits per heavy atom. The second-order valence-electron chi connectivity index (χ2n) is 10.1. The van der Waals surface area contributed by atoms with Crippen molar-refractivity contribution in [2.24, 2.45) is 11.1 Å². The zero-order valence-corrected chi connectivity index (χ0v) is 26.7. The first-order chi connectivity index (χ1) is 21.3. The molecule has 1 aromatic heterocycles. The number of thiazole rings is 1. The molecule has 0 spiro atoms. The first-order valence-corrected chi connectivity index (χ1v) is 17.1. The predicted molar refractivity (Wildman–Crippen MR) is 170 cm³/mol. The Morgan fingerprint density at radius 1 is 0.978 bits per heavy atom. The van der Waals surface area contributed by atoms with Gasteiger partial charge in [0.1, 0.15) is 11.8 Å². The molecule has 1 fully saturated rings. The van der Waals surface area contributed by atoms with Gasteiger partial charge in [-0.25, -0.2) is 18.5 Å². The Hall–Kier alpha value is -4.16. The summed E-state index contributed by atoms with van der Waals surface area (Å²) in [6.45, 7) is -0.409. The van der Waals surface area contributed by atoms with E-state index in [1.54, 1.807) is 24.3 Å². The molecule has 3 amide bonds. The number of aromatic nitrogens is 1. The van der Waals surface area contributed by atoms with Crippen LogP contribution in [-0.4, -0.2) is 40.9 Å². The molecule has 4 aromatic rings. The summed E-state index contributed by atoms with van der Waals surface area (Å²) in [5, 5.41) is 18.3. The fourth-order valence-corrected chi connectivity index (χ4v) is 8.89. The number of carbonyl (C=O) groups excluding carboxylic acids is 3. The Labute approximate surface area is 271 Å². The van der Waals surface area contributed by atoms with Gasteiger partial charge in [0.05, 0.1) is 26.5 Å². The van der Waals surface area contributed by atoms with E-state index in [0.717, 1.165) is 32.5 Å². The van der Waals surface area contributed by atoms with Crippen LogP contribution in [-0.2, 0) is 31.0 Å². The number of primary sulfonamides is 1. The molecule has 3 N–H and O–H groups in total. The number of non-ortho nitro benzene ring substituents is 1. The molecule has 230 valence electrons. The number of nitro benzene ring substituents is 1. The number of amides is 3. The average molecular weight is 731 g/mol. The van der Waals surface area contributed by atoms with Crippen molar-refractivity contribution in [3.05, 3.63) is 107 Å². The van der Waals surface area contributed by atoms with E-state index in [9.17, 15) is 37.7 Å². The highest BCUT2D eigenvalue weighted by atomic mass is 79.9. The van der Waals surface area contributed by atoms with Crippen molar-refractivity contribution in [1.82, 2.24) is 4.57 Å². The summed E-state index contributed by atoms with van der Waals surface area (Å²) in [7, 11) is -3.92. The Balaban J connectivity index is 1.36. The largest absolute Gasteiger partial charge is 0.325 e. The second kappa shape index (κ2) is 11.6. The lowest BCUT2D eigenvalue weighted by atomic mass is 9.83. The Bertz CT molecular complexity index is 2050. The van der Waals surface area contributed by atoms with Gasteiger partial charge in [-0.1, -0.05) is 51.2 Å². The number of hydrogen-bond acceptors (Lipinski definition) is 10. The molecule has 13 nitrogen and oxygen atoms in total.